The number of rotatable bonds is 7. The van der Waals surface area contributed by atoms with Gasteiger partial charge in [-0.2, -0.15) is 5.06 Å². The Hall–Kier alpha value is -0.650. The standard InChI is InChI=1S/C25H36ClIN2O5/c1-12-16-8-15(25(16,3)4)9-18(12)28-24(32)22-20(13(2)31)19(11-30)34-29(22)10-14-6-7-17(26)21(27)23(14)33-5/h6-7,12-13,15-16,18-20,22,30-31H,8-11H2,1-5H3,(H,28,32)/t12-,13-,15+,16?,18-,19-,20+,22?/m0/s1. The van der Waals surface area contributed by atoms with Gasteiger partial charge in [-0.15, -0.1) is 0 Å². The summed E-state index contributed by atoms with van der Waals surface area (Å²) in [4.78, 5) is 19.8. The highest BCUT2D eigenvalue weighted by molar-refractivity contribution is 14.1. The molecule has 1 aromatic rings. The lowest BCUT2D eigenvalue weighted by atomic mass is 9.45. The molecule has 1 aliphatic heterocycles. The maximum absolute atomic E-state index is 13.7. The van der Waals surface area contributed by atoms with E-state index in [2.05, 4.69) is 48.7 Å². The summed E-state index contributed by atoms with van der Waals surface area (Å²) in [7, 11) is 1.58. The molecule has 0 aromatic heterocycles. The zero-order valence-corrected chi connectivity index (χ0v) is 23.3. The van der Waals surface area contributed by atoms with Gasteiger partial charge in [0, 0.05) is 17.5 Å². The van der Waals surface area contributed by atoms with E-state index < -0.39 is 24.2 Å². The van der Waals surface area contributed by atoms with Crippen LogP contribution in [0, 0.1) is 32.7 Å². The molecule has 5 rings (SSSR count). The van der Waals surface area contributed by atoms with Crippen molar-refractivity contribution in [2.75, 3.05) is 13.7 Å². The maximum Gasteiger partial charge on any atom is 0.240 e. The number of aliphatic hydroxyl groups is 2. The van der Waals surface area contributed by atoms with E-state index in [4.69, 9.17) is 21.2 Å². The molecule has 2 unspecified atom stereocenters. The van der Waals surface area contributed by atoms with E-state index in [9.17, 15) is 15.0 Å². The van der Waals surface area contributed by atoms with Crippen LogP contribution in [0.25, 0.3) is 0 Å². The third-order valence-corrected chi connectivity index (χ3v) is 10.4. The fourth-order valence-corrected chi connectivity index (χ4v) is 7.46. The minimum Gasteiger partial charge on any atom is -0.495 e. The molecule has 3 saturated carbocycles. The van der Waals surface area contributed by atoms with Crippen LogP contribution in [0.15, 0.2) is 12.1 Å². The summed E-state index contributed by atoms with van der Waals surface area (Å²) in [5.41, 5.74) is 1.14. The summed E-state index contributed by atoms with van der Waals surface area (Å²) in [6.07, 6.45) is 0.693. The second-order valence-electron chi connectivity index (χ2n) is 10.8. The van der Waals surface area contributed by atoms with Crippen LogP contribution in [-0.2, 0) is 16.2 Å². The summed E-state index contributed by atoms with van der Waals surface area (Å²) >= 11 is 8.40. The van der Waals surface area contributed by atoms with E-state index in [0.29, 0.717) is 33.9 Å². The van der Waals surface area contributed by atoms with Crippen LogP contribution < -0.4 is 10.1 Å². The summed E-state index contributed by atoms with van der Waals surface area (Å²) in [5, 5.41) is 26.0. The predicted molar refractivity (Wildman–Crippen MR) is 138 cm³/mol. The molecule has 1 heterocycles. The van der Waals surface area contributed by atoms with Crippen LogP contribution in [0.3, 0.4) is 0 Å². The van der Waals surface area contributed by atoms with E-state index in [1.807, 2.05) is 6.07 Å². The van der Waals surface area contributed by atoms with Gasteiger partial charge < -0.3 is 20.3 Å². The average Bonchev–Trinajstić information content (AvgIpc) is 3.16. The summed E-state index contributed by atoms with van der Waals surface area (Å²) in [6, 6.07) is 3.00. The number of halogens is 2. The highest BCUT2D eigenvalue weighted by atomic mass is 127. The minimum atomic E-state index is -0.832. The number of fused-ring (bicyclic) bond motifs is 2. The van der Waals surface area contributed by atoms with Gasteiger partial charge in [-0.1, -0.05) is 38.4 Å². The number of ether oxygens (including phenoxy) is 1. The average molecular weight is 607 g/mol. The van der Waals surface area contributed by atoms with E-state index in [-0.39, 0.29) is 25.1 Å². The summed E-state index contributed by atoms with van der Waals surface area (Å²) in [5.74, 6) is 1.50. The normalized spacial score (nSPS) is 35.5. The number of aliphatic hydroxyl groups excluding tert-OH is 2. The minimum absolute atomic E-state index is 0.0972. The first-order chi connectivity index (χ1) is 16.0. The number of nitrogens with one attached hydrogen (secondary N) is 1. The van der Waals surface area contributed by atoms with Crippen molar-refractivity contribution in [3.63, 3.8) is 0 Å². The van der Waals surface area contributed by atoms with Gasteiger partial charge >= 0.3 is 0 Å². The van der Waals surface area contributed by atoms with E-state index in [0.717, 1.165) is 15.6 Å². The molecule has 9 heteroatoms. The van der Waals surface area contributed by atoms with E-state index in [1.165, 1.54) is 6.42 Å². The molecule has 3 N–H and O–H groups in total. The molecule has 8 atom stereocenters. The Morgan fingerprint density at radius 3 is 2.68 bits per heavy atom. The fourth-order valence-electron chi connectivity index (χ4n) is 6.57. The number of carbonyl (C=O) groups is 1. The topological polar surface area (TPSA) is 91.3 Å². The van der Waals surface area contributed by atoms with Crippen LogP contribution in [-0.4, -0.2) is 59.2 Å². The third kappa shape index (κ3) is 4.47. The second kappa shape index (κ2) is 10.0. The molecule has 7 nitrogen and oxygen atoms in total. The number of carbonyl (C=O) groups excluding carboxylic acids is 1. The molecule has 190 valence electrons. The lowest BCUT2D eigenvalue weighted by molar-refractivity contribution is -0.183. The van der Waals surface area contributed by atoms with Crippen LogP contribution in [0.2, 0.25) is 5.02 Å². The number of hydroxylamine groups is 2. The van der Waals surface area contributed by atoms with Crippen molar-refractivity contribution in [1.82, 2.24) is 10.4 Å². The largest absolute Gasteiger partial charge is 0.495 e. The van der Waals surface area contributed by atoms with E-state index >= 15 is 0 Å². The zero-order valence-electron chi connectivity index (χ0n) is 20.4. The molecular weight excluding hydrogens is 571 g/mol. The quantitative estimate of drug-likeness (QED) is 0.411. The monoisotopic (exact) mass is 606 g/mol. The van der Waals surface area contributed by atoms with Crippen molar-refractivity contribution in [1.29, 1.82) is 0 Å². The summed E-state index contributed by atoms with van der Waals surface area (Å²) in [6.45, 7) is 8.52. The van der Waals surface area contributed by atoms with Crippen molar-refractivity contribution in [2.24, 2.45) is 29.1 Å². The first-order valence-electron chi connectivity index (χ1n) is 12.0. The van der Waals surface area contributed by atoms with Crippen LogP contribution in [0.5, 0.6) is 5.75 Å². The molecule has 1 aromatic carbocycles. The maximum atomic E-state index is 13.7. The Balaban J connectivity index is 1.58. The first kappa shape index (κ1) is 26.4. The molecule has 2 bridgehead atoms. The third-order valence-electron chi connectivity index (χ3n) is 8.72. The smallest absolute Gasteiger partial charge is 0.240 e. The number of hydrogen-bond donors (Lipinski definition) is 3. The number of hydrogen-bond acceptors (Lipinski definition) is 6. The van der Waals surface area contributed by atoms with Gasteiger partial charge in [-0.05, 0) is 71.6 Å². The highest BCUT2D eigenvalue weighted by Gasteiger charge is 2.57. The Kier molecular flexibility index (Phi) is 7.78. The van der Waals surface area contributed by atoms with Crippen LogP contribution in [0.1, 0.15) is 46.1 Å². The lowest BCUT2D eigenvalue weighted by Crippen LogP contribution is -2.62. The van der Waals surface area contributed by atoms with Crippen LogP contribution in [0.4, 0.5) is 0 Å². The van der Waals surface area contributed by atoms with Crippen molar-refractivity contribution in [3.8, 4) is 5.75 Å². The number of amides is 1. The van der Waals surface area contributed by atoms with Crippen molar-refractivity contribution in [3.05, 3.63) is 26.3 Å². The predicted octanol–water partition coefficient (Wildman–Crippen LogP) is 3.61. The number of nitrogens with zero attached hydrogens (tertiary/aromatic N) is 1. The Morgan fingerprint density at radius 1 is 1.41 bits per heavy atom. The highest BCUT2D eigenvalue weighted by Crippen LogP contribution is 2.61. The Labute approximate surface area is 220 Å². The zero-order chi connectivity index (χ0) is 24.9. The van der Waals surface area contributed by atoms with E-state index in [1.54, 1.807) is 25.2 Å². The van der Waals surface area contributed by atoms with Gasteiger partial charge in [0.05, 0.1) is 35.0 Å². The van der Waals surface area contributed by atoms with Crippen molar-refractivity contribution in [2.45, 2.75) is 71.4 Å². The molecule has 0 spiro atoms. The Bertz CT molecular complexity index is 929. The summed E-state index contributed by atoms with van der Waals surface area (Å²) < 4.78 is 6.37. The molecule has 4 fully saturated rings. The van der Waals surface area contributed by atoms with Crippen molar-refractivity contribution < 1.29 is 24.6 Å². The van der Waals surface area contributed by atoms with Gasteiger partial charge in [0.2, 0.25) is 5.91 Å². The van der Waals surface area contributed by atoms with Crippen LogP contribution >= 0.6 is 34.2 Å². The van der Waals surface area contributed by atoms with Gasteiger partial charge in [0.15, 0.2) is 0 Å². The SMILES string of the molecule is COc1c(CN2O[C@@H](CO)[C@@H]([C@H](C)O)C2C(=O)N[C@H]2C[C@H]3CC([C@@H]2C)C3(C)C)ccc(Cl)c1I. The molecule has 3 aliphatic carbocycles. The second-order valence-corrected chi connectivity index (χ2v) is 12.3. The molecule has 4 aliphatic rings. The molecular formula is C25H36ClIN2O5. The molecule has 1 amide bonds. The fraction of sp³-hybridized carbons (Fsp3) is 0.720. The molecule has 34 heavy (non-hydrogen) atoms. The number of methoxy groups -OCH3 is 1. The lowest BCUT2D eigenvalue weighted by Gasteiger charge is -2.62. The Morgan fingerprint density at radius 2 is 2.12 bits per heavy atom. The van der Waals surface area contributed by atoms with Gasteiger partial charge in [-0.25, -0.2) is 0 Å². The van der Waals surface area contributed by atoms with Crippen molar-refractivity contribution >= 4 is 40.1 Å². The number of benzene rings is 1. The molecule has 0 radical (unpaired) electrons. The van der Waals surface area contributed by atoms with Gasteiger partial charge in [-0.3, -0.25) is 9.63 Å². The van der Waals surface area contributed by atoms with Gasteiger partial charge in [0.1, 0.15) is 17.9 Å². The first-order valence-corrected chi connectivity index (χ1v) is 13.5. The molecule has 1 saturated heterocycles. The van der Waals surface area contributed by atoms with Gasteiger partial charge in [0.25, 0.3) is 0 Å².